The van der Waals surface area contributed by atoms with Crippen molar-refractivity contribution in [3.63, 3.8) is 0 Å². The standard InChI is InChI=1S/C20H22N2O3/c1-20(2)14-21(13-15-9-11-17(25-3)12-10-15)19(24)22(20)18(23)16-7-5-4-6-8-16/h4-12H,13-14H2,1-3H3. The van der Waals surface area contributed by atoms with Crippen LogP contribution in [0.4, 0.5) is 4.79 Å². The summed E-state index contributed by atoms with van der Waals surface area (Å²) in [6.45, 7) is 4.79. The minimum absolute atomic E-state index is 0.255. The highest BCUT2D eigenvalue weighted by molar-refractivity contribution is 6.06. The number of ether oxygens (including phenoxy) is 1. The molecule has 5 nitrogen and oxygen atoms in total. The normalized spacial score (nSPS) is 16.2. The number of hydrogen-bond acceptors (Lipinski definition) is 3. The molecule has 0 aliphatic carbocycles. The Morgan fingerprint density at radius 3 is 2.32 bits per heavy atom. The number of rotatable bonds is 4. The van der Waals surface area contributed by atoms with E-state index in [0.717, 1.165) is 11.3 Å². The zero-order valence-electron chi connectivity index (χ0n) is 14.7. The zero-order valence-corrected chi connectivity index (χ0v) is 14.7. The van der Waals surface area contributed by atoms with Gasteiger partial charge in [0.2, 0.25) is 0 Å². The number of urea groups is 1. The second-order valence-corrected chi connectivity index (χ2v) is 6.81. The first kappa shape index (κ1) is 17.0. The lowest BCUT2D eigenvalue weighted by atomic mass is 10.0. The van der Waals surface area contributed by atoms with Crippen LogP contribution in [0, 0.1) is 0 Å². The molecule has 25 heavy (non-hydrogen) atoms. The second-order valence-electron chi connectivity index (χ2n) is 6.81. The molecule has 0 spiro atoms. The molecule has 0 atom stereocenters. The second kappa shape index (κ2) is 6.59. The van der Waals surface area contributed by atoms with Crippen molar-refractivity contribution in [1.29, 1.82) is 0 Å². The fraction of sp³-hybridized carbons (Fsp3) is 0.300. The van der Waals surface area contributed by atoms with Gasteiger partial charge in [-0.1, -0.05) is 30.3 Å². The van der Waals surface area contributed by atoms with E-state index in [-0.39, 0.29) is 11.9 Å². The minimum Gasteiger partial charge on any atom is -0.497 e. The van der Waals surface area contributed by atoms with Gasteiger partial charge in [0.15, 0.2) is 0 Å². The molecule has 0 unspecified atom stereocenters. The first-order valence-corrected chi connectivity index (χ1v) is 8.24. The predicted molar refractivity (Wildman–Crippen MR) is 95.5 cm³/mol. The Kier molecular flexibility index (Phi) is 4.49. The molecule has 0 N–H and O–H groups in total. The summed E-state index contributed by atoms with van der Waals surface area (Å²) in [5.74, 6) is 0.519. The predicted octanol–water partition coefficient (Wildman–Crippen LogP) is 3.55. The van der Waals surface area contributed by atoms with Crippen molar-refractivity contribution in [3.05, 3.63) is 65.7 Å². The molecule has 1 saturated heterocycles. The zero-order chi connectivity index (χ0) is 18.0. The lowest BCUT2D eigenvalue weighted by Gasteiger charge is -2.27. The van der Waals surface area contributed by atoms with Crippen LogP contribution in [0.25, 0.3) is 0 Å². The van der Waals surface area contributed by atoms with Gasteiger partial charge in [-0.3, -0.25) is 9.69 Å². The number of amides is 3. The van der Waals surface area contributed by atoms with Crippen molar-refractivity contribution in [2.45, 2.75) is 25.9 Å². The summed E-state index contributed by atoms with van der Waals surface area (Å²) in [6, 6.07) is 16.3. The number of hydrogen-bond donors (Lipinski definition) is 0. The fourth-order valence-corrected chi connectivity index (χ4v) is 3.15. The van der Waals surface area contributed by atoms with Gasteiger partial charge in [-0.15, -0.1) is 0 Å². The van der Waals surface area contributed by atoms with E-state index in [2.05, 4.69) is 0 Å². The van der Waals surface area contributed by atoms with Crippen LogP contribution in [0.5, 0.6) is 5.75 Å². The van der Waals surface area contributed by atoms with Crippen molar-refractivity contribution in [2.24, 2.45) is 0 Å². The van der Waals surface area contributed by atoms with Crippen LogP contribution < -0.4 is 4.74 Å². The number of methoxy groups -OCH3 is 1. The smallest absolute Gasteiger partial charge is 0.327 e. The number of benzene rings is 2. The van der Waals surface area contributed by atoms with Crippen molar-refractivity contribution in [1.82, 2.24) is 9.80 Å². The summed E-state index contributed by atoms with van der Waals surface area (Å²) in [6.07, 6.45) is 0. The van der Waals surface area contributed by atoms with Gasteiger partial charge in [-0.2, -0.15) is 0 Å². The van der Waals surface area contributed by atoms with Gasteiger partial charge in [-0.25, -0.2) is 4.79 Å². The lowest BCUT2D eigenvalue weighted by Crippen LogP contribution is -2.46. The summed E-state index contributed by atoms with van der Waals surface area (Å²) in [5, 5.41) is 0. The molecule has 0 radical (unpaired) electrons. The summed E-state index contributed by atoms with van der Waals surface area (Å²) in [4.78, 5) is 28.8. The van der Waals surface area contributed by atoms with Crippen LogP contribution in [-0.4, -0.2) is 40.9 Å². The Balaban J connectivity index is 1.80. The van der Waals surface area contributed by atoms with Crippen molar-refractivity contribution < 1.29 is 14.3 Å². The third kappa shape index (κ3) is 3.36. The maximum absolute atomic E-state index is 12.9. The van der Waals surface area contributed by atoms with Gasteiger partial charge in [0.05, 0.1) is 12.6 Å². The SMILES string of the molecule is COc1ccc(CN2CC(C)(C)N(C(=O)c3ccccc3)C2=O)cc1. The molecule has 3 amide bonds. The molecule has 3 rings (SSSR count). The monoisotopic (exact) mass is 338 g/mol. The molecular formula is C20H22N2O3. The Bertz CT molecular complexity index is 769. The van der Waals surface area contributed by atoms with Crippen LogP contribution in [0.2, 0.25) is 0 Å². The van der Waals surface area contributed by atoms with Crippen LogP contribution in [0.1, 0.15) is 29.8 Å². The highest BCUT2D eigenvalue weighted by Crippen LogP contribution is 2.29. The largest absolute Gasteiger partial charge is 0.497 e. The fourth-order valence-electron chi connectivity index (χ4n) is 3.15. The molecule has 1 heterocycles. The van der Waals surface area contributed by atoms with Crippen LogP contribution >= 0.6 is 0 Å². The molecule has 2 aromatic carbocycles. The van der Waals surface area contributed by atoms with Crippen LogP contribution in [0.3, 0.4) is 0 Å². The summed E-state index contributed by atoms with van der Waals surface area (Å²) in [5.41, 5.74) is 0.963. The highest BCUT2D eigenvalue weighted by Gasteiger charge is 2.46. The van der Waals surface area contributed by atoms with Gasteiger partial charge < -0.3 is 9.64 Å². The Hall–Kier alpha value is -2.82. The highest BCUT2D eigenvalue weighted by atomic mass is 16.5. The molecule has 2 aromatic rings. The number of nitrogens with zero attached hydrogens (tertiary/aromatic N) is 2. The topological polar surface area (TPSA) is 49.9 Å². The Morgan fingerprint density at radius 2 is 1.72 bits per heavy atom. The van der Waals surface area contributed by atoms with Crippen molar-refractivity contribution in [2.75, 3.05) is 13.7 Å². The average molecular weight is 338 g/mol. The molecule has 5 heteroatoms. The summed E-state index contributed by atoms with van der Waals surface area (Å²) in [7, 11) is 1.62. The van der Waals surface area contributed by atoms with E-state index in [1.165, 1.54) is 4.90 Å². The van der Waals surface area contributed by atoms with E-state index in [4.69, 9.17) is 4.74 Å². The first-order chi connectivity index (χ1) is 11.9. The Morgan fingerprint density at radius 1 is 1.08 bits per heavy atom. The third-order valence-electron chi connectivity index (χ3n) is 4.40. The number of imide groups is 1. The molecular weight excluding hydrogens is 316 g/mol. The maximum atomic E-state index is 12.9. The van der Waals surface area contributed by atoms with Gasteiger partial charge in [0.25, 0.3) is 5.91 Å². The van der Waals surface area contributed by atoms with Gasteiger partial charge in [0.1, 0.15) is 5.75 Å². The molecule has 1 aliphatic heterocycles. The van der Waals surface area contributed by atoms with Crippen LogP contribution in [-0.2, 0) is 6.54 Å². The molecule has 0 aromatic heterocycles. The quantitative estimate of drug-likeness (QED) is 0.856. The first-order valence-electron chi connectivity index (χ1n) is 8.24. The van der Waals surface area contributed by atoms with Gasteiger partial charge in [0, 0.05) is 18.7 Å². The number of carbonyl (C=O) groups excluding carboxylic acids is 2. The maximum Gasteiger partial charge on any atom is 0.327 e. The number of carbonyl (C=O) groups is 2. The molecule has 0 bridgehead atoms. The van der Waals surface area contributed by atoms with E-state index in [1.807, 2.05) is 44.2 Å². The average Bonchev–Trinajstić information content (AvgIpc) is 2.84. The summed E-state index contributed by atoms with van der Waals surface area (Å²) >= 11 is 0. The summed E-state index contributed by atoms with van der Waals surface area (Å²) < 4.78 is 5.16. The van der Waals surface area contributed by atoms with E-state index in [0.29, 0.717) is 18.7 Å². The molecule has 130 valence electrons. The van der Waals surface area contributed by atoms with Crippen molar-refractivity contribution in [3.8, 4) is 5.75 Å². The van der Waals surface area contributed by atoms with Gasteiger partial charge >= 0.3 is 6.03 Å². The Labute approximate surface area is 147 Å². The van der Waals surface area contributed by atoms with E-state index in [1.54, 1.807) is 36.3 Å². The van der Waals surface area contributed by atoms with Crippen molar-refractivity contribution >= 4 is 11.9 Å². The lowest BCUT2D eigenvalue weighted by molar-refractivity contribution is 0.0722. The van der Waals surface area contributed by atoms with E-state index < -0.39 is 5.54 Å². The molecule has 1 aliphatic rings. The minimum atomic E-state index is -0.559. The van der Waals surface area contributed by atoms with E-state index >= 15 is 0 Å². The van der Waals surface area contributed by atoms with E-state index in [9.17, 15) is 9.59 Å². The van der Waals surface area contributed by atoms with Crippen LogP contribution in [0.15, 0.2) is 54.6 Å². The molecule has 1 fully saturated rings. The van der Waals surface area contributed by atoms with Gasteiger partial charge in [-0.05, 0) is 43.7 Å². The third-order valence-corrected chi connectivity index (χ3v) is 4.40. The molecule has 0 saturated carbocycles.